The molecule has 1 atom stereocenters. The minimum atomic E-state index is 0.485. The summed E-state index contributed by atoms with van der Waals surface area (Å²) >= 11 is 0. The Morgan fingerprint density at radius 2 is 2.00 bits per heavy atom. The van der Waals surface area contributed by atoms with Crippen LogP contribution in [0.25, 0.3) is 0 Å². The van der Waals surface area contributed by atoms with Gasteiger partial charge >= 0.3 is 0 Å². The minimum absolute atomic E-state index is 0.485. The first-order valence-corrected chi connectivity index (χ1v) is 7.64. The van der Waals surface area contributed by atoms with Crippen molar-refractivity contribution < 1.29 is 0 Å². The zero-order valence-electron chi connectivity index (χ0n) is 12.0. The van der Waals surface area contributed by atoms with Crippen molar-refractivity contribution in [2.24, 2.45) is 5.92 Å². The molecule has 0 aromatic rings. The van der Waals surface area contributed by atoms with Crippen LogP contribution in [0, 0.1) is 5.92 Å². The van der Waals surface area contributed by atoms with Gasteiger partial charge in [0.25, 0.3) is 0 Å². The molecule has 2 nitrogen and oxygen atoms in total. The van der Waals surface area contributed by atoms with Crippen LogP contribution in [0.1, 0.15) is 59.3 Å². The number of hydrogen-bond acceptors (Lipinski definition) is 2. The van der Waals surface area contributed by atoms with Crippen LogP contribution in [-0.2, 0) is 0 Å². The first kappa shape index (κ1) is 13.4. The van der Waals surface area contributed by atoms with E-state index in [1.165, 1.54) is 58.2 Å². The Hall–Kier alpha value is -0.0800. The van der Waals surface area contributed by atoms with Crippen molar-refractivity contribution in [1.82, 2.24) is 10.2 Å². The highest BCUT2D eigenvalue weighted by Gasteiger charge is 2.40. The van der Waals surface area contributed by atoms with E-state index in [1.54, 1.807) is 0 Å². The molecule has 2 fully saturated rings. The largest absolute Gasteiger partial charge is 0.308 e. The normalized spacial score (nSPS) is 29.3. The van der Waals surface area contributed by atoms with E-state index >= 15 is 0 Å². The second-order valence-corrected chi connectivity index (χ2v) is 6.63. The molecule has 0 amide bonds. The van der Waals surface area contributed by atoms with E-state index in [0.29, 0.717) is 5.54 Å². The van der Waals surface area contributed by atoms with Crippen molar-refractivity contribution in [3.8, 4) is 0 Å². The van der Waals surface area contributed by atoms with Crippen molar-refractivity contribution in [1.29, 1.82) is 0 Å². The van der Waals surface area contributed by atoms with Gasteiger partial charge in [0.1, 0.15) is 0 Å². The van der Waals surface area contributed by atoms with Crippen LogP contribution in [0.4, 0.5) is 0 Å². The van der Waals surface area contributed by atoms with Gasteiger partial charge in [-0.05, 0) is 25.2 Å². The molecular weight excluding hydrogens is 208 g/mol. The molecule has 1 saturated heterocycles. The SMILES string of the molecule is CCCC1CNC2(CCCC2)CN1CC(C)C. The molecular formula is C15H30N2. The fourth-order valence-electron chi connectivity index (χ4n) is 3.72. The summed E-state index contributed by atoms with van der Waals surface area (Å²) in [6.45, 7) is 10.8. The van der Waals surface area contributed by atoms with Crippen molar-refractivity contribution in [2.45, 2.75) is 70.9 Å². The molecule has 0 radical (unpaired) electrons. The smallest absolute Gasteiger partial charge is 0.0309 e. The van der Waals surface area contributed by atoms with Crippen LogP contribution in [0.15, 0.2) is 0 Å². The lowest BCUT2D eigenvalue weighted by atomic mass is 9.90. The molecule has 1 saturated carbocycles. The fourth-order valence-corrected chi connectivity index (χ4v) is 3.72. The maximum absolute atomic E-state index is 3.89. The van der Waals surface area contributed by atoms with Crippen molar-refractivity contribution in [3.05, 3.63) is 0 Å². The highest BCUT2D eigenvalue weighted by atomic mass is 15.3. The summed E-state index contributed by atoms with van der Waals surface area (Å²) in [6, 6.07) is 0.786. The van der Waals surface area contributed by atoms with Crippen molar-refractivity contribution in [3.63, 3.8) is 0 Å². The Kier molecular flexibility index (Phi) is 4.48. The summed E-state index contributed by atoms with van der Waals surface area (Å²) < 4.78 is 0. The summed E-state index contributed by atoms with van der Waals surface area (Å²) in [5, 5.41) is 3.89. The lowest BCUT2D eigenvalue weighted by Gasteiger charge is -2.47. The summed E-state index contributed by atoms with van der Waals surface area (Å²) in [4.78, 5) is 2.79. The van der Waals surface area contributed by atoms with E-state index < -0.39 is 0 Å². The zero-order valence-corrected chi connectivity index (χ0v) is 12.0. The minimum Gasteiger partial charge on any atom is -0.308 e. The number of nitrogens with one attached hydrogen (secondary N) is 1. The van der Waals surface area contributed by atoms with Gasteiger partial charge in [0.2, 0.25) is 0 Å². The predicted octanol–water partition coefficient (Wildman–Crippen LogP) is 3.03. The lowest BCUT2D eigenvalue weighted by Crippen LogP contribution is -2.63. The van der Waals surface area contributed by atoms with Gasteiger partial charge in [0.15, 0.2) is 0 Å². The second kappa shape index (κ2) is 5.71. The van der Waals surface area contributed by atoms with Gasteiger partial charge in [0.05, 0.1) is 0 Å². The molecule has 0 bridgehead atoms. The molecule has 1 spiro atoms. The van der Waals surface area contributed by atoms with Gasteiger partial charge in [-0.2, -0.15) is 0 Å². The van der Waals surface area contributed by atoms with Crippen LogP contribution in [0.3, 0.4) is 0 Å². The number of nitrogens with zero attached hydrogens (tertiary/aromatic N) is 1. The van der Waals surface area contributed by atoms with Crippen molar-refractivity contribution >= 4 is 0 Å². The second-order valence-electron chi connectivity index (χ2n) is 6.63. The van der Waals surface area contributed by atoms with E-state index in [1.807, 2.05) is 0 Å². The van der Waals surface area contributed by atoms with E-state index in [-0.39, 0.29) is 0 Å². The summed E-state index contributed by atoms with van der Waals surface area (Å²) in [5.41, 5.74) is 0.485. The van der Waals surface area contributed by atoms with Crippen LogP contribution in [-0.4, -0.2) is 36.1 Å². The number of hydrogen-bond donors (Lipinski definition) is 1. The molecule has 1 N–H and O–H groups in total. The molecule has 1 aliphatic carbocycles. The first-order chi connectivity index (χ1) is 8.15. The third kappa shape index (κ3) is 3.23. The molecule has 100 valence electrons. The Labute approximate surface area is 107 Å². The molecule has 2 heteroatoms. The third-order valence-electron chi connectivity index (χ3n) is 4.52. The van der Waals surface area contributed by atoms with Gasteiger partial charge in [-0.15, -0.1) is 0 Å². The topological polar surface area (TPSA) is 15.3 Å². The summed E-state index contributed by atoms with van der Waals surface area (Å²) in [5.74, 6) is 0.797. The van der Waals surface area contributed by atoms with Gasteiger partial charge in [-0.1, -0.05) is 40.0 Å². The molecule has 1 aliphatic heterocycles. The van der Waals surface area contributed by atoms with Gasteiger partial charge < -0.3 is 5.32 Å². The average molecular weight is 238 g/mol. The summed E-state index contributed by atoms with van der Waals surface area (Å²) in [6.07, 6.45) is 8.34. The third-order valence-corrected chi connectivity index (χ3v) is 4.52. The van der Waals surface area contributed by atoms with Crippen LogP contribution in [0.5, 0.6) is 0 Å². The number of rotatable bonds is 4. The lowest BCUT2D eigenvalue weighted by molar-refractivity contribution is 0.0656. The van der Waals surface area contributed by atoms with Crippen LogP contribution >= 0.6 is 0 Å². The maximum atomic E-state index is 3.89. The van der Waals surface area contributed by atoms with Gasteiger partial charge in [-0.25, -0.2) is 0 Å². The van der Waals surface area contributed by atoms with Gasteiger partial charge in [-0.3, -0.25) is 4.90 Å². The molecule has 2 aliphatic rings. The predicted molar refractivity (Wildman–Crippen MR) is 74.3 cm³/mol. The quantitative estimate of drug-likeness (QED) is 0.810. The highest BCUT2D eigenvalue weighted by Crippen LogP contribution is 2.34. The molecule has 1 heterocycles. The zero-order chi connectivity index (χ0) is 12.3. The fraction of sp³-hybridized carbons (Fsp3) is 1.00. The molecule has 1 unspecified atom stereocenters. The average Bonchev–Trinajstić information content (AvgIpc) is 2.70. The Morgan fingerprint density at radius 3 is 2.59 bits per heavy atom. The molecule has 0 aromatic heterocycles. The highest BCUT2D eigenvalue weighted by molar-refractivity contribution is 5.00. The first-order valence-electron chi connectivity index (χ1n) is 7.64. The summed E-state index contributed by atoms with van der Waals surface area (Å²) in [7, 11) is 0. The Balaban J connectivity index is 1.98. The van der Waals surface area contributed by atoms with Crippen LogP contribution in [0.2, 0.25) is 0 Å². The van der Waals surface area contributed by atoms with Crippen LogP contribution < -0.4 is 5.32 Å². The van der Waals surface area contributed by atoms with E-state index in [4.69, 9.17) is 0 Å². The standard InChI is InChI=1S/C15H30N2/c1-4-7-14-10-16-15(8-5-6-9-15)12-17(14)11-13(2)3/h13-14,16H,4-12H2,1-3H3. The van der Waals surface area contributed by atoms with Gasteiger partial charge in [0, 0.05) is 31.2 Å². The van der Waals surface area contributed by atoms with Crippen molar-refractivity contribution in [2.75, 3.05) is 19.6 Å². The molecule has 2 rings (SSSR count). The van der Waals surface area contributed by atoms with E-state index in [9.17, 15) is 0 Å². The Morgan fingerprint density at radius 1 is 1.29 bits per heavy atom. The Bertz CT molecular complexity index is 231. The maximum Gasteiger partial charge on any atom is 0.0309 e. The number of piperazine rings is 1. The molecule has 0 aromatic carbocycles. The monoisotopic (exact) mass is 238 g/mol. The van der Waals surface area contributed by atoms with E-state index in [0.717, 1.165) is 12.0 Å². The molecule has 17 heavy (non-hydrogen) atoms. The van der Waals surface area contributed by atoms with E-state index in [2.05, 4.69) is 31.0 Å².